The number of ether oxygens (including phenoxy) is 1. The van der Waals surface area contributed by atoms with Gasteiger partial charge in [-0.3, -0.25) is 4.98 Å². The van der Waals surface area contributed by atoms with Crippen LogP contribution in [0.1, 0.15) is 12.1 Å². The molecule has 0 unspecified atom stereocenters. The predicted octanol–water partition coefficient (Wildman–Crippen LogP) is 0.494. The van der Waals surface area contributed by atoms with Crippen LogP contribution in [0.2, 0.25) is 0 Å². The molecule has 15 heavy (non-hydrogen) atoms. The maximum absolute atomic E-state index is 11.4. The van der Waals surface area contributed by atoms with Crippen LogP contribution >= 0.6 is 0 Å². The number of aromatic nitrogens is 1. The summed E-state index contributed by atoms with van der Waals surface area (Å²) in [5.74, 6) is 0.351. The Morgan fingerprint density at radius 2 is 2.33 bits per heavy atom. The lowest BCUT2D eigenvalue weighted by molar-refractivity contribution is 0.290. The van der Waals surface area contributed by atoms with E-state index in [1.54, 1.807) is 6.20 Å². The van der Waals surface area contributed by atoms with Gasteiger partial charge in [0, 0.05) is 6.20 Å². The van der Waals surface area contributed by atoms with Gasteiger partial charge in [-0.15, -0.1) is 0 Å². The van der Waals surface area contributed by atoms with Gasteiger partial charge in [0.1, 0.15) is 11.7 Å². The second-order valence-electron chi connectivity index (χ2n) is 4.08. The van der Waals surface area contributed by atoms with E-state index in [1.807, 2.05) is 18.2 Å². The van der Waals surface area contributed by atoms with E-state index < -0.39 is 15.4 Å². The van der Waals surface area contributed by atoms with Gasteiger partial charge in [0.15, 0.2) is 9.84 Å². The number of hydrogen-bond donors (Lipinski definition) is 0. The van der Waals surface area contributed by atoms with Gasteiger partial charge in [0.05, 0.1) is 17.2 Å². The number of pyridine rings is 1. The SMILES string of the molecule is O=S1(=O)CC[C@@]2(c3ccccn3)O[C@@H]2C1. The summed E-state index contributed by atoms with van der Waals surface area (Å²) in [6, 6.07) is 5.65. The van der Waals surface area contributed by atoms with Crippen LogP contribution in [0, 0.1) is 0 Å². The molecular formula is C10H11NO3S. The van der Waals surface area contributed by atoms with E-state index in [0.29, 0.717) is 6.42 Å². The topological polar surface area (TPSA) is 59.6 Å². The largest absolute Gasteiger partial charge is 0.358 e. The minimum Gasteiger partial charge on any atom is -0.358 e. The van der Waals surface area contributed by atoms with Crippen LogP contribution in [-0.4, -0.2) is 31.0 Å². The van der Waals surface area contributed by atoms with Gasteiger partial charge in [0.25, 0.3) is 0 Å². The first-order valence-corrected chi connectivity index (χ1v) is 6.74. The van der Waals surface area contributed by atoms with Gasteiger partial charge in [-0.05, 0) is 18.6 Å². The Labute approximate surface area is 88.2 Å². The highest BCUT2D eigenvalue weighted by molar-refractivity contribution is 7.91. The average Bonchev–Trinajstić information content (AvgIpc) is 2.92. The highest BCUT2D eigenvalue weighted by Crippen LogP contribution is 2.51. The molecule has 1 aromatic heterocycles. The van der Waals surface area contributed by atoms with Crippen LogP contribution in [0.3, 0.4) is 0 Å². The summed E-state index contributed by atoms with van der Waals surface area (Å²) in [4.78, 5) is 4.24. The number of rotatable bonds is 1. The predicted molar refractivity (Wildman–Crippen MR) is 54.1 cm³/mol. The first kappa shape index (κ1) is 9.30. The summed E-state index contributed by atoms with van der Waals surface area (Å²) in [6.45, 7) is 0. The lowest BCUT2D eigenvalue weighted by atomic mass is 9.98. The summed E-state index contributed by atoms with van der Waals surface area (Å²) in [6.07, 6.45) is 2.08. The Hall–Kier alpha value is -0.940. The van der Waals surface area contributed by atoms with Crippen LogP contribution in [0.15, 0.2) is 24.4 Å². The molecular weight excluding hydrogens is 214 g/mol. The third kappa shape index (κ3) is 1.38. The number of nitrogens with zero attached hydrogens (tertiary/aromatic N) is 1. The van der Waals surface area contributed by atoms with Crippen molar-refractivity contribution < 1.29 is 13.2 Å². The fourth-order valence-corrected chi connectivity index (χ4v) is 3.78. The highest BCUT2D eigenvalue weighted by Gasteiger charge is 2.62. The molecule has 2 aliphatic rings. The standard InChI is InChI=1S/C10H11NO3S/c12-15(13)6-4-10(9(7-15)14-10)8-3-1-2-5-11-8/h1-3,5,9H,4,6-7H2/t9-,10+/m1/s1. The molecule has 0 saturated carbocycles. The Morgan fingerprint density at radius 3 is 3.00 bits per heavy atom. The van der Waals surface area contributed by atoms with Crippen molar-refractivity contribution in [2.45, 2.75) is 18.1 Å². The van der Waals surface area contributed by atoms with Crippen LogP contribution in [0.4, 0.5) is 0 Å². The zero-order valence-corrected chi connectivity index (χ0v) is 8.90. The molecule has 0 radical (unpaired) electrons. The van der Waals surface area contributed by atoms with E-state index in [9.17, 15) is 8.42 Å². The summed E-state index contributed by atoms with van der Waals surface area (Å²) < 4.78 is 28.3. The maximum Gasteiger partial charge on any atom is 0.153 e. The summed E-state index contributed by atoms with van der Waals surface area (Å²) in [5.41, 5.74) is 0.469. The Morgan fingerprint density at radius 1 is 1.47 bits per heavy atom. The van der Waals surface area contributed by atoms with Gasteiger partial charge in [0.2, 0.25) is 0 Å². The number of hydrogen-bond acceptors (Lipinski definition) is 4. The number of sulfone groups is 1. The molecule has 3 rings (SSSR count). The van der Waals surface area contributed by atoms with Crippen molar-refractivity contribution >= 4 is 9.84 Å². The molecule has 5 heteroatoms. The van der Waals surface area contributed by atoms with E-state index in [-0.39, 0.29) is 17.6 Å². The summed E-state index contributed by atoms with van der Waals surface area (Å²) >= 11 is 0. The van der Waals surface area contributed by atoms with Gasteiger partial charge in [-0.25, -0.2) is 8.42 Å². The van der Waals surface area contributed by atoms with Crippen LogP contribution in [0.25, 0.3) is 0 Å². The Bertz CT molecular complexity index is 485. The minimum atomic E-state index is -2.89. The third-order valence-electron chi connectivity index (χ3n) is 3.10. The second kappa shape index (κ2) is 2.80. The molecule has 2 aliphatic heterocycles. The fraction of sp³-hybridized carbons (Fsp3) is 0.500. The maximum atomic E-state index is 11.4. The zero-order valence-electron chi connectivity index (χ0n) is 8.09. The fourth-order valence-electron chi connectivity index (χ4n) is 2.20. The third-order valence-corrected chi connectivity index (χ3v) is 4.74. The summed E-state index contributed by atoms with van der Waals surface area (Å²) in [7, 11) is -2.89. The van der Waals surface area contributed by atoms with Crippen LogP contribution < -0.4 is 0 Å². The van der Waals surface area contributed by atoms with Crippen molar-refractivity contribution in [3.8, 4) is 0 Å². The number of fused-ring (bicyclic) bond motifs is 1. The molecule has 0 spiro atoms. The molecule has 2 fully saturated rings. The van der Waals surface area contributed by atoms with E-state index >= 15 is 0 Å². The lowest BCUT2D eigenvalue weighted by Crippen LogP contribution is -2.30. The molecule has 2 atom stereocenters. The van der Waals surface area contributed by atoms with E-state index in [4.69, 9.17) is 4.74 Å². The molecule has 2 saturated heterocycles. The quantitative estimate of drug-likeness (QED) is 0.653. The average molecular weight is 225 g/mol. The van der Waals surface area contributed by atoms with Crippen molar-refractivity contribution in [3.63, 3.8) is 0 Å². The second-order valence-corrected chi connectivity index (χ2v) is 6.30. The normalized spacial score (nSPS) is 36.9. The van der Waals surface area contributed by atoms with Crippen molar-refractivity contribution in [1.29, 1.82) is 0 Å². The van der Waals surface area contributed by atoms with E-state index in [1.165, 1.54) is 0 Å². The van der Waals surface area contributed by atoms with Crippen molar-refractivity contribution in [1.82, 2.24) is 4.98 Å². The molecule has 0 aliphatic carbocycles. The molecule has 0 aromatic carbocycles. The molecule has 0 amide bonds. The van der Waals surface area contributed by atoms with E-state index in [2.05, 4.69) is 4.98 Å². The molecule has 0 N–H and O–H groups in total. The van der Waals surface area contributed by atoms with Crippen molar-refractivity contribution in [2.24, 2.45) is 0 Å². The Balaban J connectivity index is 1.93. The van der Waals surface area contributed by atoms with Gasteiger partial charge >= 0.3 is 0 Å². The molecule has 4 nitrogen and oxygen atoms in total. The zero-order chi connectivity index (χ0) is 10.5. The molecule has 3 heterocycles. The van der Waals surface area contributed by atoms with Crippen LogP contribution in [-0.2, 0) is 20.2 Å². The van der Waals surface area contributed by atoms with Gasteiger partial charge in [-0.1, -0.05) is 6.07 Å². The van der Waals surface area contributed by atoms with E-state index in [0.717, 1.165) is 5.69 Å². The molecule has 80 valence electrons. The van der Waals surface area contributed by atoms with Crippen LogP contribution in [0.5, 0.6) is 0 Å². The highest BCUT2D eigenvalue weighted by atomic mass is 32.2. The molecule has 1 aromatic rings. The first-order valence-electron chi connectivity index (χ1n) is 4.92. The van der Waals surface area contributed by atoms with Gasteiger partial charge in [-0.2, -0.15) is 0 Å². The van der Waals surface area contributed by atoms with Crippen molar-refractivity contribution in [3.05, 3.63) is 30.1 Å². The van der Waals surface area contributed by atoms with Crippen molar-refractivity contribution in [2.75, 3.05) is 11.5 Å². The monoisotopic (exact) mass is 225 g/mol. The number of epoxide rings is 1. The smallest absolute Gasteiger partial charge is 0.153 e. The first-order chi connectivity index (χ1) is 7.12. The van der Waals surface area contributed by atoms with Gasteiger partial charge < -0.3 is 4.74 Å². The molecule has 0 bridgehead atoms. The minimum absolute atomic E-state index is 0.142. The summed E-state index contributed by atoms with van der Waals surface area (Å²) in [5, 5.41) is 0. The lowest BCUT2D eigenvalue weighted by Gasteiger charge is -2.16. The Kier molecular flexibility index (Phi) is 1.73.